The summed E-state index contributed by atoms with van der Waals surface area (Å²) in [6.45, 7) is 1.86. The molecule has 0 aromatic heterocycles. The largest absolute Gasteiger partial charge is 0.395 e. The van der Waals surface area contributed by atoms with Crippen molar-refractivity contribution in [2.24, 2.45) is 5.92 Å². The van der Waals surface area contributed by atoms with Gasteiger partial charge >= 0.3 is 0 Å². The van der Waals surface area contributed by atoms with Crippen LogP contribution in [-0.4, -0.2) is 41.5 Å². The highest BCUT2D eigenvalue weighted by Gasteiger charge is 2.33. The number of carbonyl (C=O) groups is 1. The van der Waals surface area contributed by atoms with Crippen LogP contribution < -0.4 is 0 Å². The Labute approximate surface area is 85.1 Å². The molecule has 2 aliphatic rings. The third-order valence-electron chi connectivity index (χ3n) is 3.34. The second kappa shape index (κ2) is 4.41. The Balaban J connectivity index is 1.83. The summed E-state index contributed by atoms with van der Waals surface area (Å²) in [5.41, 5.74) is 0. The van der Waals surface area contributed by atoms with Crippen LogP contribution in [0.5, 0.6) is 0 Å². The monoisotopic (exact) mass is 197 g/mol. The molecule has 3 nitrogen and oxygen atoms in total. The summed E-state index contributed by atoms with van der Waals surface area (Å²) in [5, 5.41) is 8.93. The molecule has 0 aliphatic heterocycles. The number of ketones is 1. The topological polar surface area (TPSA) is 40.5 Å². The lowest BCUT2D eigenvalue weighted by Crippen LogP contribution is -2.35. The summed E-state index contributed by atoms with van der Waals surface area (Å²) in [4.78, 5) is 13.8. The van der Waals surface area contributed by atoms with Gasteiger partial charge in [-0.15, -0.1) is 0 Å². The van der Waals surface area contributed by atoms with Crippen molar-refractivity contribution in [1.82, 2.24) is 4.90 Å². The standard InChI is InChI=1S/C11H19NO2/c13-7-6-12(10-4-5-10)8-9-2-1-3-11(9)14/h9-10,13H,1-8H2. The maximum Gasteiger partial charge on any atom is 0.137 e. The fourth-order valence-electron chi connectivity index (χ4n) is 2.36. The number of aliphatic hydroxyl groups excluding tert-OH is 1. The third-order valence-corrected chi connectivity index (χ3v) is 3.34. The molecule has 0 amide bonds. The molecule has 2 saturated carbocycles. The molecule has 3 heteroatoms. The van der Waals surface area contributed by atoms with Gasteiger partial charge < -0.3 is 5.11 Å². The van der Waals surface area contributed by atoms with Crippen molar-refractivity contribution >= 4 is 5.78 Å². The fraction of sp³-hybridized carbons (Fsp3) is 0.909. The molecule has 2 rings (SSSR count). The van der Waals surface area contributed by atoms with Gasteiger partial charge in [-0.2, -0.15) is 0 Å². The van der Waals surface area contributed by atoms with Gasteiger partial charge in [-0.3, -0.25) is 9.69 Å². The molecule has 2 fully saturated rings. The summed E-state index contributed by atoms with van der Waals surface area (Å²) in [6.07, 6.45) is 5.42. The number of Topliss-reactive ketones (excluding diaryl/α,β-unsaturated/α-hetero) is 1. The van der Waals surface area contributed by atoms with Gasteiger partial charge in [-0.05, 0) is 25.7 Å². The number of hydrogen-bond acceptors (Lipinski definition) is 3. The van der Waals surface area contributed by atoms with E-state index in [0.717, 1.165) is 32.4 Å². The SMILES string of the molecule is O=C1CCCC1CN(CCO)C1CC1. The lowest BCUT2D eigenvalue weighted by atomic mass is 10.1. The van der Waals surface area contributed by atoms with Crippen molar-refractivity contribution in [3.05, 3.63) is 0 Å². The molecule has 1 atom stereocenters. The van der Waals surface area contributed by atoms with E-state index in [2.05, 4.69) is 4.90 Å². The van der Waals surface area contributed by atoms with Crippen molar-refractivity contribution in [3.8, 4) is 0 Å². The number of nitrogens with zero attached hydrogens (tertiary/aromatic N) is 1. The van der Waals surface area contributed by atoms with Gasteiger partial charge in [0.2, 0.25) is 0 Å². The number of aliphatic hydroxyl groups is 1. The predicted octanol–water partition coefficient (Wildman–Crippen LogP) is 0.812. The predicted molar refractivity (Wildman–Crippen MR) is 54.0 cm³/mol. The van der Waals surface area contributed by atoms with E-state index >= 15 is 0 Å². The zero-order valence-corrected chi connectivity index (χ0v) is 8.61. The smallest absolute Gasteiger partial charge is 0.137 e. The Kier molecular flexibility index (Phi) is 3.19. The molecule has 0 radical (unpaired) electrons. The molecule has 0 heterocycles. The van der Waals surface area contributed by atoms with E-state index in [4.69, 9.17) is 5.11 Å². The highest BCUT2D eigenvalue weighted by Crippen LogP contribution is 2.30. The highest BCUT2D eigenvalue weighted by atomic mass is 16.3. The van der Waals surface area contributed by atoms with Crippen LogP contribution >= 0.6 is 0 Å². The van der Waals surface area contributed by atoms with E-state index < -0.39 is 0 Å². The number of rotatable bonds is 5. The van der Waals surface area contributed by atoms with Crippen LogP contribution in [0.15, 0.2) is 0 Å². The summed E-state index contributed by atoms with van der Waals surface area (Å²) >= 11 is 0. The van der Waals surface area contributed by atoms with Crippen LogP contribution in [0.2, 0.25) is 0 Å². The molecule has 0 aromatic rings. The second-order valence-corrected chi connectivity index (χ2v) is 4.51. The van der Waals surface area contributed by atoms with Gasteiger partial charge in [0.05, 0.1) is 6.61 Å². The van der Waals surface area contributed by atoms with Crippen molar-refractivity contribution in [2.45, 2.75) is 38.1 Å². The average Bonchev–Trinajstić information content (AvgIpc) is 2.93. The Morgan fingerprint density at radius 1 is 1.36 bits per heavy atom. The minimum atomic E-state index is 0.220. The van der Waals surface area contributed by atoms with E-state index in [1.807, 2.05) is 0 Å². The van der Waals surface area contributed by atoms with Crippen LogP contribution in [-0.2, 0) is 4.79 Å². The van der Waals surface area contributed by atoms with Crippen LogP contribution in [0.4, 0.5) is 0 Å². The molecule has 2 aliphatic carbocycles. The van der Waals surface area contributed by atoms with Crippen LogP contribution in [0, 0.1) is 5.92 Å². The summed E-state index contributed by atoms with van der Waals surface area (Å²) in [6, 6.07) is 0.663. The van der Waals surface area contributed by atoms with Crippen LogP contribution in [0.1, 0.15) is 32.1 Å². The summed E-state index contributed by atoms with van der Waals surface area (Å²) in [5.74, 6) is 0.704. The Hall–Kier alpha value is -0.410. The molecule has 0 saturated heterocycles. The molecule has 14 heavy (non-hydrogen) atoms. The maximum atomic E-state index is 11.5. The minimum absolute atomic E-state index is 0.220. The first-order valence-electron chi connectivity index (χ1n) is 5.69. The lowest BCUT2D eigenvalue weighted by Gasteiger charge is -2.23. The molecular weight excluding hydrogens is 178 g/mol. The Bertz CT molecular complexity index is 213. The Morgan fingerprint density at radius 2 is 2.14 bits per heavy atom. The van der Waals surface area contributed by atoms with Crippen molar-refractivity contribution in [2.75, 3.05) is 19.7 Å². The average molecular weight is 197 g/mol. The van der Waals surface area contributed by atoms with Crippen LogP contribution in [0.3, 0.4) is 0 Å². The maximum absolute atomic E-state index is 11.5. The number of hydrogen-bond donors (Lipinski definition) is 1. The van der Waals surface area contributed by atoms with E-state index in [0.29, 0.717) is 11.8 Å². The first-order chi connectivity index (χ1) is 6.81. The third kappa shape index (κ3) is 2.34. The molecule has 80 valence electrons. The van der Waals surface area contributed by atoms with Crippen molar-refractivity contribution < 1.29 is 9.90 Å². The fourth-order valence-corrected chi connectivity index (χ4v) is 2.36. The van der Waals surface area contributed by atoms with Gasteiger partial charge in [0.15, 0.2) is 0 Å². The van der Waals surface area contributed by atoms with Crippen molar-refractivity contribution in [1.29, 1.82) is 0 Å². The second-order valence-electron chi connectivity index (χ2n) is 4.51. The van der Waals surface area contributed by atoms with Gasteiger partial charge in [0, 0.05) is 31.5 Å². The lowest BCUT2D eigenvalue weighted by molar-refractivity contribution is -0.121. The van der Waals surface area contributed by atoms with Crippen LogP contribution in [0.25, 0.3) is 0 Å². The van der Waals surface area contributed by atoms with E-state index in [1.165, 1.54) is 12.8 Å². The molecule has 1 N–H and O–H groups in total. The molecule has 0 spiro atoms. The highest BCUT2D eigenvalue weighted by molar-refractivity contribution is 5.83. The minimum Gasteiger partial charge on any atom is -0.395 e. The number of carbonyl (C=O) groups excluding carboxylic acids is 1. The van der Waals surface area contributed by atoms with Gasteiger partial charge in [0.1, 0.15) is 5.78 Å². The quantitative estimate of drug-likeness (QED) is 0.709. The van der Waals surface area contributed by atoms with Gasteiger partial charge in [-0.1, -0.05) is 0 Å². The van der Waals surface area contributed by atoms with Gasteiger partial charge in [-0.25, -0.2) is 0 Å². The Morgan fingerprint density at radius 3 is 2.64 bits per heavy atom. The molecular formula is C11H19NO2. The van der Waals surface area contributed by atoms with Gasteiger partial charge in [0.25, 0.3) is 0 Å². The molecule has 0 bridgehead atoms. The summed E-state index contributed by atoms with van der Waals surface area (Å²) in [7, 11) is 0. The normalized spacial score (nSPS) is 27.6. The van der Waals surface area contributed by atoms with E-state index in [-0.39, 0.29) is 12.5 Å². The first kappa shape index (κ1) is 10.1. The molecule has 1 unspecified atom stereocenters. The van der Waals surface area contributed by atoms with E-state index in [1.54, 1.807) is 0 Å². The molecule has 0 aromatic carbocycles. The first-order valence-corrected chi connectivity index (χ1v) is 5.69. The van der Waals surface area contributed by atoms with E-state index in [9.17, 15) is 4.79 Å². The van der Waals surface area contributed by atoms with Crippen molar-refractivity contribution in [3.63, 3.8) is 0 Å². The zero-order chi connectivity index (χ0) is 9.97. The zero-order valence-electron chi connectivity index (χ0n) is 8.61. The summed E-state index contributed by atoms with van der Waals surface area (Å²) < 4.78 is 0.